The predicted molar refractivity (Wildman–Crippen MR) is 114 cm³/mol. The van der Waals surface area contributed by atoms with Gasteiger partial charge in [-0.2, -0.15) is 11.8 Å². The molecule has 0 aliphatic carbocycles. The van der Waals surface area contributed by atoms with Crippen LogP contribution in [-0.4, -0.2) is 64.5 Å². The summed E-state index contributed by atoms with van der Waals surface area (Å²) < 4.78 is 5.38. The first kappa shape index (κ1) is 20.0. The van der Waals surface area contributed by atoms with E-state index in [1.807, 2.05) is 36.0 Å². The van der Waals surface area contributed by atoms with Gasteiger partial charge in [-0.25, -0.2) is 0 Å². The number of piperidine rings is 3. The molecule has 3 fully saturated rings. The Balaban J connectivity index is 1.49. The first-order valence-corrected chi connectivity index (χ1v) is 11.4. The minimum absolute atomic E-state index is 0.178. The molecule has 0 amide bonds. The fourth-order valence-electron chi connectivity index (χ4n) is 4.98. The number of fused-ring (bicyclic) bond motifs is 4. The van der Waals surface area contributed by atoms with Crippen LogP contribution in [0.1, 0.15) is 30.9 Å². The number of methoxy groups -OCH3 is 1. The fraction of sp³-hybridized carbons (Fsp3) is 0.591. The summed E-state index contributed by atoms with van der Waals surface area (Å²) in [4.78, 5) is 6.95. The van der Waals surface area contributed by atoms with Crippen LogP contribution in [0.4, 0.5) is 0 Å². The van der Waals surface area contributed by atoms with E-state index < -0.39 is 6.10 Å². The van der Waals surface area contributed by atoms with Gasteiger partial charge in [0.15, 0.2) is 0 Å². The third kappa shape index (κ3) is 4.01. The van der Waals surface area contributed by atoms with Crippen LogP contribution in [0.3, 0.4) is 0 Å². The van der Waals surface area contributed by atoms with Crippen LogP contribution in [0.5, 0.6) is 5.75 Å². The highest BCUT2D eigenvalue weighted by atomic mass is 32.2. The van der Waals surface area contributed by atoms with Crippen molar-refractivity contribution in [3.8, 4) is 5.75 Å². The smallest absolute Gasteiger partial charge is 0.119 e. The van der Waals surface area contributed by atoms with Crippen LogP contribution in [0.25, 0.3) is 10.9 Å². The number of aliphatic hydroxyl groups excluding tert-OH is 2. The number of ether oxygens (including phenoxy) is 1. The Morgan fingerprint density at radius 3 is 2.96 bits per heavy atom. The third-order valence-electron chi connectivity index (χ3n) is 6.47. The molecule has 2 N–H and O–H groups in total. The van der Waals surface area contributed by atoms with Gasteiger partial charge < -0.3 is 14.9 Å². The summed E-state index contributed by atoms with van der Waals surface area (Å²) in [6, 6.07) is 7.99. The average molecular weight is 403 g/mol. The van der Waals surface area contributed by atoms with E-state index in [2.05, 4.69) is 9.88 Å². The molecule has 1 aromatic heterocycles. The van der Waals surface area contributed by atoms with E-state index in [0.29, 0.717) is 5.92 Å². The Hall–Kier alpha value is -1.34. The van der Waals surface area contributed by atoms with Crippen molar-refractivity contribution in [3.05, 3.63) is 36.0 Å². The summed E-state index contributed by atoms with van der Waals surface area (Å²) in [6.45, 7) is 2.43. The van der Waals surface area contributed by atoms with Gasteiger partial charge in [-0.15, -0.1) is 0 Å². The molecular weight excluding hydrogens is 372 g/mol. The molecule has 5 rings (SSSR count). The summed E-state index contributed by atoms with van der Waals surface area (Å²) in [5.41, 5.74) is 1.85. The fourth-order valence-corrected chi connectivity index (χ4v) is 5.78. The van der Waals surface area contributed by atoms with E-state index in [0.717, 1.165) is 59.1 Å². The minimum atomic E-state index is -0.509. The average Bonchev–Trinajstić information content (AvgIpc) is 2.75. The van der Waals surface area contributed by atoms with Gasteiger partial charge in [-0.3, -0.25) is 9.88 Å². The number of aliphatic hydroxyl groups is 2. The number of hydrogen-bond acceptors (Lipinski definition) is 6. The SMILES string of the molecule is COc1ccc2nccc([C@H](O)[C@H]3C[C@@H]4CCN3C[C@@H]4CCSCCO)c2c1. The van der Waals surface area contributed by atoms with Crippen LogP contribution < -0.4 is 4.74 Å². The number of benzene rings is 1. The second kappa shape index (κ2) is 8.99. The van der Waals surface area contributed by atoms with Gasteiger partial charge in [0, 0.05) is 29.9 Å². The van der Waals surface area contributed by atoms with Crippen molar-refractivity contribution in [1.29, 1.82) is 0 Å². The molecular formula is C22H30N2O3S. The number of hydrogen-bond donors (Lipinski definition) is 2. The molecule has 2 aromatic rings. The number of pyridine rings is 1. The molecule has 6 heteroatoms. The van der Waals surface area contributed by atoms with E-state index >= 15 is 0 Å². The highest BCUT2D eigenvalue weighted by Crippen LogP contribution is 2.43. The van der Waals surface area contributed by atoms with Gasteiger partial charge in [0.1, 0.15) is 5.75 Å². The van der Waals surface area contributed by atoms with E-state index in [1.54, 1.807) is 13.3 Å². The largest absolute Gasteiger partial charge is 0.497 e. The Kier molecular flexibility index (Phi) is 6.41. The Morgan fingerprint density at radius 1 is 1.32 bits per heavy atom. The number of rotatable bonds is 8. The lowest BCUT2D eigenvalue weighted by atomic mass is 9.72. The molecule has 4 heterocycles. The van der Waals surface area contributed by atoms with Crippen LogP contribution in [0, 0.1) is 11.8 Å². The van der Waals surface area contributed by atoms with E-state index in [9.17, 15) is 5.11 Å². The van der Waals surface area contributed by atoms with E-state index in [4.69, 9.17) is 9.84 Å². The Labute approximate surface area is 171 Å². The van der Waals surface area contributed by atoms with E-state index in [1.165, 1.54) is 12.8 Å². The number of aromatic nitrogens is 1. The number of thioether (sulfide) groups is 1. The van der Waals surface area contributed by atoms with Crippen molar-refractivity contribution in [3.63, 3.8) is 0 Å². The molecule has 0 saturated carbocycles. The van der Waals surface area contributed by atoms with Gasteiger partial charge in [-0.05, 0) is 73.2 Å². The zero-order valence-corrected chi connectivity index (χ0v) is 17.3. The van der Waals surface area contributed by atoms with Crippen molar-refractivity contribution >= 4 is 22.7 Å². The molecule has 1 aromatic carbocycles. The standard InChI is InChI=1S/C22H30N2O3S/c1-27-17-2-3-20-19(13-17)18(4-7-23-20)22(26)21-12-15-5-8-24(21)14-16(15)6-10-28-11-9-25/h2-4,7,13,15-16,21-22,25-26H,5-6,8-12,14H2,1H3/t15-,16-,21+,22-/m0/s1. The van der Waals surface area contributed by atoms with Crippen LogP contribution in [-0.2, 0) is 0 Å². The maximum Gasteiger partial charge on any atom is 0.119 e. The van der Waals surface area contributed by atoms with Crippen LogP contribution in [0.2, 0.25) is 0 Å². The Morgan fingerprint density at radius 2 is 2.21 bits per heavy atom. The van der Waals surface area contributed by atoms with Crippen molar-refractivity contribution < 1.29 is 14.9 Å². The first-order valence-electron chi connectivity index (χ1n) is 10.2. The highest BCUT2D eigenvalue weighted by Gasteiger charge is 2.42. The number of nitrogens with zero attached hydrogens (tertiary/aromatic N) is 2. The molecule has 0 radical (unpaired) electrons. The van der Waals surface area contributed by atoms with Gasteiger partial charge in [0.25, 0.3) is 0 Å². The zero-order valence-electron chi connectivity index (χ0n) is 16.5. The lowest BCUT2D eigenvalue weighted by Gasteiger charge is -2.51. The third-order valence-corrected chi connectivity index (χ3v) is 7.47. The molecule has 5 nitrogen and oxygen atoms in total. The van der Waals surface area contributed by atoms with Gasteiger partial charge in [0.05, 0.1) is 25.3 Å². The predicted octanol–water partition coefficient (Wildman–Crippen LogP) is 3.10. The normalized spacial score (nSPS) is 27.8. The monoisotopic (exact) mass is 402 g/mol. The summed E-state index contributed by atoms with van der Waals surface area (Å²) in [7, 11) is 1.67. The summed E-state index contributed by atoms with van der Waals surface area (Å²) in [6.07, 6.45) is 4.80. The topological polar surface area (TPSA) is 65.8 Å². The van der Waals surface area contributed by atoms with Gasteiger partial charge in [-0.1, -0.05) is 0 Å². The maximum absolute atomic E-state index is 11.3. The molecule has 28 heavy (non-hydrogen) atoms. The van der Waals surface area contributed by atoms with Crippen molar-refractivity contribution in [2.45, 2.75) is 31.4 Å². The first-order chi connectivity index (χ1) is 13.7. The van der Waals surface area contributed by atoms with Crippen molar-refractivity contribution in [1.82, 2.24) is 9.88 Å². The van der Waals surface area contributed by atoms with Crippen molar-refractivity contribution in [2.24, 2.45) is 11.8 Å². The Bertz CT molecular complexity index is 802. The van der Waals surface area contributed by atoms with Crippen LogP contribution >= 0.6 is 11.8 Å². The molecule has 0 spiro atoms. The molecule has 5 atom stereocenters. The summed E-state index contributed by atoms with van der Waals surface area (Å²) in [5, 5.41) is 21.3. The summed E-state index contributed by atoms with van der Waals surface area (Å²) in [5.74, 6) is 4.16. The molecule has 3 saturated heterocycles. The zero-order chi connectivity index (χ0) is 19.5. The lowest BCUT2D eigenvalue weighted by Crippen LogP contribution is -2.55. The molecule has 2 bridgehead atoms. The second-order valence-corrected chi connectivity index (χ2v) is 9.18. The lowest BCUT2D eigenvalue weighted by molar-refractivity contribution is -0.0559. The van der Waals surface area contributed by atoms with Gasteiger partial charge in [0.2, 0.25) is 0 Å². The molecule has 152 valence electrons. The highest BCUT2D eigenvalue weighted by molar-refractivity contribution is 7.99. The maximum atomic E-state index is 11.3. The quantitative estimate of drug-likeness (QED) is 0.662. The van der Waals surface area contributed by atoms with E-state index in [-0.39, 0.29) is 12.6 Å². The second-order valence-electron chi connectivity index (χ2n) is 7.96. The van der Waals surface area contributed by atoms with Crippen LogP contribution in [0.15, 0.2) is 30.5 Å². The van der Waals surface area contributed by atoms with Crippen molar-refractivity contribution in [2.75, 3.05) is 38.3 Å². The molecule has 3 aliphatic rings. The summed E-state index contributed by atoms with van der Waals surface area (Å²) >= 11 is 1.85. The minimum Gasteiger partial charge on any atom is -0.497 e. The molecule has 3 aliphatic heterocycles. The van der Waals surface area contributed by atoms with Gasteiger partial charge >= 0.3 is 0 Å². The molecule has 1 unspecified atom stereocenters.